The Morgan fingerprint density at radius 3 is 0.939 bits per heavy atom. The van der Waals surface area contributed by atoms with Gasteiger partial charge < -0.3 is 20.4 Å². The van der Waals surface area contributed by atoms with E-state index in [1.54, 1.807) is 24.8 Å². The van der Waals surface area contributed by atoms with Crippen molar-refractivity contribution in [3.8, 4) is 0 Å². The number of thiocarbonyl (C=S) groups is 1. The molecule has 1 aliphatic heterocycles. The van der Waals surface area contributed by atoms with Crippen LogP contribution in [0.1, 0.15) is 12.8 Å². The van der Waals surface area contributed by atoms with Gasteiger partial charge in [0.15, 0.2) is 0 Å². The van der Waals surface area contributed by atoms with Crippen LogP contribution in [0.15, 0.2) is 0 Å². The highest BCUT2D eigenvalue weighted by Crippen LogP contribution is 2.03. The molecule has 0 aromatic rings. The number of nitrogens with zero attached hydrogens (tertiary/aromatic N) is 4. The van der Waals surface area contributed by atoms with Gasteiger partial charge in [-0.3, -0.25) is 38.8 Å². The fourth-order valence-corrected chi connectivity index (χ4v) is 3.36. The number of carbonyl (C=O) groups is 4. The third-order valence-electron chi connectivity index (χ3n) is 4.83. The summed E-state index contributed by atoms with van der Waals surface area (Å²) in [5, 5.41) is 43.9. The van der Waals surface area contributed by atoms with E-state index in [2.05, 4.69) is 12.2 Å². The molecule has 0 aromatic carbocycles. The van der Waals surface area contributed by atoms with Crippen molar-refractivity contribution in [3.05, 3.63) is 0 Å². The summed E-state index contributed by atoms with van der Waals surface area (Å²) >= 11 is 3.81. The predicted molar refractivity (Wildman–Crippen MR) is 121 cm³/mol. The Labute approximate surface area is 197 Å². The molecule has 0 bridgehead atoms. The van der Waals surface area contributed by atoms with Crippen molar-refractivity contribution in [1.29, 1.82) is 5.41 Å². The van der Waals surface area contributed by atoms with Crippen LogP contribution in [-0.4, -0.2) is 148 Å². The highest BCUT2D eigenvalue weighted by atomic mass is 32.1. The van der Waals surface area contributed by atoms with E-state index in [1.165, 1.54) is 0 Å². The lowest BCUT2D eigenvalue weighted by Crippen LogP contribution is -2.46. The maximum Gasteiger partial charge on any atom is 0.317 e. The van der Waals surface area contributed by atoms with E-state index in [0.29, 0.717) is 65.2 Å². The number of carboxylic acid groups (broad SMARTS) is 4. The monoisotopic (exact) mass is 491 g/mol. The van der Waals surface area contributed by atoms with Crippen LogP contribution in [-0.2, 0) is 19.2 Å². The average molecular weight is 492 g/mol. The zero-order chi connectivity index (χ0) is 25.2. The van der Waals surface area contributed by atoms with Crippen molar-refractivity contribution >= 4 is 41.3 Å². The molecule has 1 rings (SSSR count). The Kier molecular flexibility index (Phi) is 16.7. The molecule has 0 amide bonds. The Balaban J connectivity index is 0.00000322. The number of rotatable bonds is 8. The second-order valence-corrected chi connectivity index (χ2v) is 7.69. The van der Waals surface area contributed by atoms with Crippen molar-refractivity contribution in [2.45, 2.75) is 12.8 Å². The first-order valence-corrected chi connectivity index (χ1v) is 10.8. The lowest BCUT2D eigenvalue weighted by molar-refractivity contribution is -0.141. The predicted octanol–water partition coefficient (Wildman–Crippen LogP) is -1.01. The highest BCUT2D eigenvalue weighted by molar-refractivity contribution is 7.78. The molecular formula is C19H33N5O8S. The third kappa shape index (κ3) is 17.7. The molecule has 0 saturated carbocycles. The summed E-state index contributed by atoms with van der Waals surface area (Å²) in [6.45, 7) is 2.30. The van der Waals surface area contributed by atoms with Crippen molar-refractivity contribution < 1.29 is 39.6 Å². The van der Waals surface area contributed by atoms with Gasteiger partial charge in [-0.1, -0.05) is 0 Å². The third-order valence-corrected chi connectivity index (χ3v) is 4.83. The van der Waals surface area contributed by atoms with Gasteiger partial charge in [-0.05, 0) is 38.1 Å². The molecule has 14 heteroatoms. The van der Waals surface area contributed by atoms with Crippen molar-refractivity contribution in [2.24, 2.45) is 0 Å². The van der Waals surface area contributed by atoms with Crippen molar-refractivity contribution in [1.82, 2.24) is 19.6 Å². The van der Waals surface area contributed by atoms with Crippen LogP contribution in [0.3, 0.4) is 0 Å². The van der Waals surface area contributed by atoms with Crippen molar-refractivity contribution in [2.75, 3.05) is 78.5 Å². The first kappa shape index (κ1) is 30.5. The van der Waals surface area contributed by atoms with Gasteiger partial charge in [0.2, 0.25) is 0 Å². The number of hydrogen-bond donors (Lipinski definition) is 5. The molecule has 33 heavy (non-hydrogen) atoms. The Bertz CT molecular complexity index is 625. The lowest BCUT2D eigenvalue weighted by Gasteiger charge is -2.30. The second-order valence-electron chi connectivity index (χ2n) is 7.49. The SMILES string of the molecule is N=C=S.O=C(O)CN1CCCCN(CC(=O)O)CCN(CC(=O)O)CCN(CC(=O)O)CC1. The number of carboxylic acids is 4. The normalized spacial score (nSPS) is 18.2. The zero-order valence-corrected chi connectivity index (χ0v) is 19.3. The number of hydrogen-bond acceptors (Lipinski definition) is 10. The van der Waals surface area contributed by atoms with Gasteiger partial charge in [0.25, 0.3) is 0 Å². The molecule has 0 aromatic heterocycles. The average Bonchev–Trinajstić information content (AvgIpc) is 2.68. The van der Waals surface area contributed by atoms with Crippen LogP contribution in [0.2, 0.25) is 0 Å². The summed E-state index contributed by atoms with van der Waals surface area (Å²) in [4.78, 5) is 51.4. The Morgan fingerprint density at radius 2 is 0.758 bits per heavy atom. The van der Waals surface area contributed by atoms with Gasteiger partial charge in [0.05, 0.1) is 31.3 Å². The maximum absolute atomic E-state index is 11.2. The second kappa shape index (κ2) is 18.0. The molecule has 0 spiro atoms. The van der Waals surface area contributed by atoms with Gasteiger partial charge >= 0.3 is 23.9 Å². The molecule has 0 radical (unpaired) electrons. The first-order chi connectivity index (χ1) is 15.6. The molecule has 1 aliphatic rings. The standard InChI is InChI=1S/C18H32N4O8.CHNS/c23-15(24)11-19-3-1-2-4-20(12-16(25)26)6-8-22(14-18(29)30)10-9-21(7-5-19)13-17(27)28;2-1-3/h1-14H2,(H,23,24)(H,25,26)(H,27,28)(H,29,30);2H. The van der Waals surface area contributed by atoms with Crippen LogP contribution >= 0.6 is 12.2 Å². The summed E-state index contributed by atoms with van der Waals surface area (Å²) in [6, 6.07) is 0. The smallest absolute Gasteiger partial charge is 0.317 e. The molecule has 0 unspecified atom stereocenters. The van der Waals surface area contributed by atoms with Gasteiger partial charge in [0, 0.05) is 39.3 Å². The topological polar surface area (TPSA) is 186 Å². The summed E-state index contributed by atoms with van der Waals surface area (Å²) in [6.07, 6.45) is 1.34. The van der Waals surface area contributed by atoms with Crippen LogP contribution in [0.5, 0.6) is 0 Å². The molecule has 188 valence electrons. The van der Waals surface area contributed by atoms with E-state index in [0.717, 1.165) is 0 Å². The lowest BCUT2D eigenvalue weighted by atomic mass is 10.2. The summed E-state index contributed by atoms with van der Waals surface area (Å²) < 4.78 is 0. The Hall–Kier alpha value is -2.48. The van der Waals surface area contributed by atoms with Crippen LogP contribution in [0.4, 0.5) is 0 Å². The highest BCUT2D eigenvalue weighted by Gasteiger charge is 2.19. The maximum atomic E-state index is 11.2. The first-order valence-electron chi connectivity index (χ1n) is 10.4. The molecule has 0 atom stereocenters. The summed E-state index contributed by atoms with van der Waals surface area (Å²) in [5.41, 5.74) is 0. The van der Waals surface area contributed by atoms with E-state index in [-0.39, 0.29) is 26.2 Å². The molecule has 13 nitrogen and oxygen atoms in total. The van der Waals surface area contributed by atoms with Gasteiger partial charge in [-0.2, -0.15) is 0 Å². The number of nitrogens with one attached hydrogen (secondary N) is 1. The van der Waals surface area contributed by atoms with E-state index >= 15 is 0 Å². The minimum Gasteiger partial charge on any atom is -0.480 e. The van der Waals surface area contributed by atoms with E-state index in [1.807, 2.05) is 0 Å². The van der Waals surface area contributed by atoms with Gasteiger partial charge in [-0.25, -0.2) is 5.41 Å². The van der Waals surface area contributed by atoms with Gasteiger partial charge in [-0.15, -0.1) is 0 Å². The van der Waals surface area contributed by atoms with Crippen LogP contribution in [0, 0.1) is 5.41 Å². The summed E-state index contributed by atoms with van der Waals surface area (Å²) in [5.74, 6) is -3.97. The quantitative estimate of drug-likeness (QED) is 0.206. The van der Waals surface area contributed by atoms with E-state index in [4.69, 9.17) is 25.8 Å². The molecule has 1 saturated heterocycles. The van der Waals surface area contributed by atoms with E-state index in [9.17, 15) is 19.2 Å². The molecular weight excluding hydrogens is 458 g/mol. The van der Waals surface area contributed by atoms with Gasteiger partial charge in [0.1, 0.15) is 0 Å². The largest absolute Gasteiger partial charge is 0.480 e. The molecule has 1 heterocycles. The number of isothiocyanates is 1. The summed E-state index contributed by atoms with van der Waals surface area (Å²) in [7, 11) is 0. The van der Waals surface area contributed by atoms with E-state index < -0.39 is 23.9 Å². The minimum atomic E-state index is -1.02. The minimum absolute atomic E-state index is 0.162. The van der Waals surface area contributed by atoms with Crippen LogP contribution in [0.25, 0.3) is 0 Å². The fraction of sp³-hybridized carbons (Fsp3) is 0.737. The fourth-order valence-electron chi connectivity index (χ4n) is 3.36. The zero-order valence-electron chi connectivity index (χ0n) is 18.5. The van der Waals surface area contributed by atoms with Crippen LogP contribution < -0.4 is 0 Å². The van der Waals surface area contributed by atoms with Crippen molar-refractivity contribution in [3.63, 3.8) is 0 Å². The number of aliphatic carboxylic acids is 4. The molecule has 1 fully saturated rings. The Morgan fingerprint density at radius 1 is 0.576 bits per heavy atom. The molecule has 5 N–H and O–H groups in total. The molecule has 0 aliphatic carbocycles.